The molecule has 1 nitrogen and oxygen atoms in total. The van der Waals surface area contributed by atoms with Gasteiger partial charge in [-0.15, -0.1) is 0 Å². The van der Waals surface area contributed by atoms with Gasteiger partial charge in [0.1, 0.15) is 0 Å². The first-order chi connectivity index (χ1) is 10.1. The van der Waals surface area contributed by atoms with E-state index >= 15 is 0 Å². The van der Waals surface area contributed by atoms with Gasteiger partial charge in [-0.25, -0.2) is 8.78 Å². The minimum Gasteiger partial charge on any atom is -0.310 e. The van der Waals surface area contributed by atoms with Crippen molar-refractivity contribution in [3.05, 3.63) is 70.8 Å². The van der Waals surface area contributed by atoms with Gasteiger partial charge in [0.05, 0.1) is 0 Å². The maximum Gasteiger partial charge on any atom is 0.159 e. The summed E-state index contributed by atoms with van der Waals surface area (Å²) < 4.78 is 26.4. The van der Waals surface area contributed by atoms with Crippen molar-refractivity contribution in [2.24, 2.45) is 0 Å². The van der Waals surface area contributed by atoms with E-state index in [9.17, 15) is 8.78 Å². The molecule has 0 spiro atoms. The second-order valence-electron chi connectivity index (χ2n) is 5.32. The molecule has 0 saturated carbocycles. The van der Waals surface area contributed by atoms with Gasteiger partial charge in [0.2, 0.25) is 0 Å². The van der Waals surface area contributed by atoms with Crippen LogP contribution < -0.4 is 5.32 Å². The van der Waals surface area contributed by atoms with E-state index in [1.54, 1.807) is 6.07 Å². The molecule has 0 aliphatic carbocycles. The van der Waals surface area contributed by atoms with Crippen LogP contribution in [0.25, 0.3) is 0 Å². The third-order valence-electron chi connectivity index (χ3n) is 3.63. The van der Waals surface area contributed by atoms with Crippen molar-refractivity contribution in [3.8, 4) is 0 Å². The molecule has 0 aliphatic heterocycles. The van der Waals surface area contributed by atoms with Crippen molar-refractivity contribution in [3.63, 3.8) is 0 Å². The zero-order chi connectivity index (χ0) is 15.2. The number of aryl methyl sites for hydroxylation is 1. The van der Waals surface area contributed by atoms with E-state index in [0.717, 1.165) is 18.5 Å². The summed E-state index contributed by atoms with van der Waals surface area (Å²) in [6, 6.07) is 12.4. The normalized spacial score (nSPS) is 12.4. The van der Waals surface area contributed by atoms with Gasteiger partial charge in [-0.2, -0.15) is 0 Å². The Labute approximate surface area is 125 Å². The first-order valence-corrected chi connectivity index (χ1v) is 7.34. The van der Waals surface area contributed by atoms with Gasteiger partial charge in [-0.3, -0.25) is 0 Å². The van der Waals surface area contributed by atoms with Gasteiger partial charge in [0, 0.05) is 6.04 Å². The first kappa shape index (κ1) is 15.6. The van der Waals surface area contributed by atoms with Crippen molar-refractivity contribution >= 4 is 0 Å². The molecule has 3 heteroatoms. The molecule has 1 N–H and O–H groups in total. The van der Waals surface area contributed by atoms with Crippen LogP contribution in [0, 0.1) is 18.6 Å². The summed E-state index contributed by atoms with van der Waals surface area (Å²) >= 11 is 0. The molecule has 0 radical (unpaired) electrons. The molecule has 0 saturated heterocycles. The number of rotatable bonds is 6. The quantitative estimate of drug-likeness (QED) is 0.822. The Morgan fingerprint density at radius 2 is 1.81 bits per heavy atom. The summed E-state index contributed by atoms with van der Waals surface area (Å²) in [6.45, 7) is 5.07. The fourth-order valence-corrected chi connectivity index (χ4v) is 2.49. The molecule has 0 aromatic heterocycles. The van der Waals surface area contributed by atoms with Crippen LogP contribution in [-0.4, -0.2) is 6.54 Å². The number of hydrogen-bond acceptors (Lipinski definition) is 1. The minimum atomic E-state index is -0.798. The summed E-state index contributed by atoms with van der Waals surface area (Å²) in [4.78, 5) is 0. The zero-order valence-corrected chi connectivity index (χ0v) is 12.5. The predicted molar refractivity (Wildman–Crippen MR) is 82.3 cm³/mol. The van der Waals surface area contributed by atoms with Gasteiger partial charge in [-0.05, 0) is 55.1 Å². The highest BCUT2D eigenvalue weighted by molar-refractivity contribution is 5.31. The molecule has 2 aromatic rings. The van der Waals surface area contributed by atoms with Crippen molar-refractivity contribution in [2.45, 2.75) is 32.7 Å². The maximum atomic E-state index is 13.4. The van der Waals surface area contributed by atoms with Gasteiger partial charge in [0.25, 0.3) is 0 Å². The maximum absolute atomic E-state index is 13.4. The lowest BCUT2D eigenvalue weighted by molar-refractivity contribution is 0.499. The van der Waals surface area contributed by atoms with Crippen LogP contribution in [-0.2, 0) is 6.42 Å². The summed E-state index contributed by atoms with van der Waals surface area (Å²) in [6.07, 6.45) is 1.67. The van der Waals surface area contributed by atoms with Crippen molar-refractivity contribution in [1.82, 2.24) is 5.32 Å². The summed E-state index contributed by atoms with van der Waals surface area (Å²) in [5.41, 5.74) is 3.20. The lowest BCUT2D eigenvalue weighted by Crippen LogP contribution is -2.24. The Bertz CT molecular complexity index is 596. The van der Waals surface area contributed by atoms with Crippen LogP contribution in [0.1, 0.15) is 36.1 Å². The highest BCUT2D eigenvalue weighted by Gasteiger charge is 2.14. The van der Waals surface area contributed by atoms with Crippen LogP contribution in [0.4, 0.5) is 8.78 Å². The third-order valence-corrected chi connectivity index (χ3v) is 3.63. The molecule has 0 amide bonds. The van der Waals surface area contributed by atoms with E-state index in [4.69, 9.17) is 0 Å². The molecule has 1 unspecified atom stereocenters. The van der Waals surface area contributed by atoms with Crippen molar-refractivity contribution in [1.29, 1.82) is 0 Å². The largest absolute Gasteiger partial charge is 0.310 e. The number of benzene rings is 2. The highest BCUT2D eigenvalue weighted by Crippen LogP contribution is 2.22. The molecule has 2 rings (SSSR count). The second kappa shape index (κ2) is 7.32. The van der Waals surface area contributed by atoms with Gasteiger partial charge in [-0.1, -0.05) is 37.3 Å². The molecule has 0 aliphatic rings. The molecule has 0 fully saturated rings. The van der Waals surface area contributed by atoms with Crippen LogP contribution in [0.15, 0.2) is 42.5 Å². The van der Waals surface area contributed by atoms with Crippen LogP contribution >= 0.6 is 0 Å². The SMILES string of the molecule is CCCNC(Cc1ccc(F)c(F)c1)c1ccccc1C. The molecule has 2 aromatic carbocycles. The Kier molecular flexibility index (Phi) is 5.45. The van der Waals surface area contributed by atoms with Gasteiger partial charge >= 0.3 is 0 Å². The minimum absolute atomic E-state index is 0.107. The number of nitrogens with one attached hydrogen (secondary N) is 1. The molecular formula is C18H21F2N. The average Bonchev–Trinajstić information content (AvgIpc) is 2.48. The monoisotopic (exact) mass is 289 g/mol. The Morgan fingerprint density at radius 1 is 1.05 bits per heavy atom. The van der Waals surface area contributed by atoms with E-state index in [0.29, 0.717) is 6.42 Å². The molecule has 0 heterocycles. The topological polar surface area (TPSA) is 12.0 Å². The molecule has 21 heavy (non-hydrogen) atoms. The van der Waals surface area contributed by atoms with Gasteiger partial charge < -0.3 is 5.32 Å². The summed E-state index contributed by atoms with van der Waals surface area (Å²) in [5, 5.41) is 3.49. The van der Waals surface area contributed by atoms with Crippen molar-refractivity contribution < 1.29 is 8.78 Å². The van der Waals surface area contributed by atoms with Crippen LogP contribution in [0.3, 0.4) is 0 Å². The molecule has 1 atom stereocenters. The number of hydrogen-bond donors (Lipinski definition) is 1. The third kappa shape index (κ3) is 4.11. The van der Waals surface area contributed by atoms with E-state index in [1.165, 1.54) is 23.3 Å². The van der Waals surface area contributed by atoms with Crippen LogP contribution in [0.5, 0.6) is 0 Å². The fraction of sp³-hybridized carbons (Fsp3) is 0.333. The van der Waals surface area contributed by atoms with E-state index in [2.05, 4.69) is 31.3 Å². The Balaban J connectivity index is 2.24. The first-order valence-electron chi connectivity index (χ1n) is 7.34. The molecule has 112 valence electrons. The van der Waals surface area contributed by atoms with E-state index in [-0.39, 0.29) is 6.04 Å². The molecule has 0 bridgehead atoms. The van der Waals surface area contributed by atoms with Crippen LogP contribution in [0.2, 0.25) is 0 Å². The average molecular weight is 289 g/mol. The van der Waals surface area contributed by atoms with Gasteiger partial charge in [0.15, 0.2) is 11.6 Å². The standard InChI is InChI=1S/C18H21F2N/c1-3-10-21-18(15-7-5-4-6-13(15)2)12-14-8-9-16(19)17(20)11-14/h4-9,11,18,21H,3,10,12H2,1-2H3. The smallest absolute Gasteiger partial charge is 0.159 e. The Morgan fingerprint density at radius 3 is 2.48 bits per heavy atom. The summed E-state index contributed by atoms with van der Waals surface area (Å²) in [5.74, 6) is -1.58. The fourth-order valence-electron chi connectivity index (χ4n) is 2.49. The lowest BCUT2D eigenvalue weighted by atomic mass is 9.95. The lowest BCUT2D eigenvalue weighted by Gasteiger charge is -2.21. The van der Waals surface area contributed by atoms with E-state index in [1.807, 2.05) is 12.1 Å². The summed E-state index contributed by atoms with van der Waals surface area (Å²) in [7, 11) is 0. The van der Waals surface area contributed by atoms with Crippen molar-refractivity contribution in [2.75, 3.05) is 6.54 Å². The predicted octanol–water partition coefficient (Wildman–Crippen LogP) is 4.56. The number of halogens is 2. The molecular weight excluding hydrogens is 268 g/mol. The Hall–Kier alpha value is -1.74. The highest BCUT2D eigenvalue weighted by atomic mass is 19.2. The van der Waals surface area contributed by atoms with E-state index < -0.39 is 11.6 Å². The zero-order valence-electron chi connectivity index (χ0n) is 12.5. The second-order valence-corrected chi connectivity index (χ2v) is 5.32.